The van der Waals surface area contributed by atoms with Gasteiger partial charge in [-0.15, -0.1) is 0 Å². The number of rotatable bonds is 3. The lowest BCUT2D eigenvalue weighted by atomic mass is 10.1. The number of hydrogen-bond acceptors (Lipinski definition) is 2. The Balaban J connectivity index is 2.15. The van der Waals surface area contributed by atoms with Gasteiger partial charge in [0.15, 0.2) is 17.4 Å². The molecule has 0 unspecified atom stereocenters. The summed E-state index contributed by atoms with van der Waals surface area (Å²) in [6, 6.07) is 2.51. The van der Waals surface area contributed by atoms with Crippen molar-refractivity contribution in [3.05, 3.63) is 53.4 Å². The summed E-state index contributed by atoms with van der Waals surface area (Å²) < 4.78 is 63.4. The second-order valence-electron chi connectivity index (χ2n) is 3.98. The smallest absolute Gasteiger partial charge is 0.292 e. The Hall–Kier alpha value is -2.25. The summed E-state index contributed by atoms with van der Waals surface area (Å²) in [7, 11) is 0. The van der Waals surface area contributed by atoms with E-state index in [1.165, 1.54) is 0 Å². The van der Waals surface area contributed by atoms with Crippen LogP contribution in [0.1, 0.15) is 15.9 Å². The van der Waals surface area contributed by atoms with Crippen molar-refractivity contribution in [2.24, 2.45) is 0 Å². The summed E-state index contributed by atoms with van der Waals surface area (Å²) in [6.45, 7) is -0.499. The maximum atomic E-state index is 12.9. The first kappa shape index (κ1) is 14.2. The molecule has 0 aliphatic carbocycles. The highest BCUT2D eigenvalue weighted by Gasteiger charge is 2.32. The van der Waals surface area contributed by atoms with Crippen molar-refractivity contribution < 1.29 is 26.7 Å². The summed E-state index contributed by atoms with van der Waals surface area (Å²) in [5, 5.41) is 3.40. The molecule has 0 amide bonds. The van der Waals surface area contributed by atoms with Crippen LogP contribution in [-0.4, -0.2) is 15.6 Å². The number of carbonyl (C=O) groups excluding carboxylic acids is 1. The number of hydrogen-bond donors (Lipinski definition) is 0. The maximum Gasteiger partial charge on any atom is 0.419 e. The topological polar surface area (TPSA) is 34.9 Å². The van der Waals surface area contributed by atoms with Crippen LogP contribution in [0.15, 0.2) is 30.6 Å². The first-order valence-electron chi connectivity index (χ1n) is 5.35. The Kier molecular flexibility index (Phi) is 3.56. The molecular weight excluding hydrogens is 283 g/mol. The van der Waals surface area contributed by atoms with E-state index in [-0.39, 0.29) is 5.56 Å². The number of ketones is 1. The fourth-order valence-corrected chi connectivity index (χ4v) is 1.50. The third-order valence-corrected chi connectivity index (χ3v) is 2.51. The third-order valence-electron chi connectivity index (χ3n) is 2.51. The monoisotopic (exact) mass is 290 g/mol. The molecule has 20 heavy (non-hydrogen) atoms. The summed E-state index contributed by atoms with van der Waals surface area (Å²) >= 11 is 0. The molecular formula is C12H7F5N2O. The molecule has 2 rings (SSSR count). The van der Waals surface area contributed by atoms with Crippen LogP contribution in [-0.2, 0) is 12.7 Å². The number of nitrogens with zero attached hydrogens (tertiary/aromatic N) is 2. The highest BCUT2D eigenvalue weighted by atomic mass is 19.4. The molecule has 0 fully saturated rings. The second-order valence-corrected chi connectivity index (χ2v) is 3.98. The minimum atomic E-state index is -4.55. The van der Waals surface area contributed by atoms with E-state index in [1.807, 2.05) is 0 Å². The van der Waals surface area contributed by atoms with E-state index >= 15 is 0 Å². The largest absolute Gasteiger partial charge is 0.419 e. The standard InChI is InChI=1S/C12H7F5N2O/c13-9-2-1-7(3-10(9)14)11(20)6-19-5-8(4-18-19)12(15,16)17/h1-5H,6H2. The van der Waals surface area contributed by atoms with Crippen LogP contribution in [0, 0.1) is 11.6 Å². The van der Waals surface area contributed by atoms with Gasteiger partial charge in [-0.25, -0.2) is 8.78 Å². The summed E-state index contributed by atoms with van der Waals surface area (Å²) in [5.74, 6) is -2.99. The molecule has 1 heterocycles. The second kappa shape index (κ2) is 5.03. The highest BCUT2D eigenvalue weighted by Crippen LogP contribution is 2.28. The molecule has 1 aromatic carbocycles. The molecule has 3 nitrogen and oxygen atoms in total. The molecule has 0 radical (unpaired) electrons. The molecule has 0 saturated carbocycles. The molecule has 106 valence electrons. The molecule has 8 heteroatoms. The van der Waals surface area contributed by atoms with Gasteiger partial charge in [-0.1, -0.05) is 0 Å². The van der Waals surface area contributed by atoms with Crippen LogP contribution >= 0.6 is 0 Å². The summed E-state index contributed by atoms with van der Waals surface area (Å²) in [6.07, 6.45) is -3.31. The normalized spacial score (nSPS) is 11.7. The molecule has 0 spiro atoms. The van der Waals surface area contributed by atoms with Crippen LogP contribution in [0.25, 0.3) is 0 Å². The quantitative estimate of drug-likeness (QED) is 0.643. The summed E-state index contributed by atoms with van der Waals surface area (Å²) in [5.41, 5.74) is -1.14. The van der Waals surface area contributed by atoms with E-state index in [9.17, 15) is 26.7 Å². The van der Waals surface area contributed by atoms with E-state index in [1.54, 1.807) is 0 Å². The average Bonchev–Trinajstić information content (AvgIpc) is 2.81. The van der Waals surface area contributed by atoms with Crippen LogP contribution in [0.2, 0.25) is 0 Å². The van der Waals surface area contributed by atoms with Gasteiger partial charge < -0.3 is 0 Å². The zero-order valence-electron chi connectivity index (χ0n) is 9.79. The minimum Gasteiger partial charge on any atom is -0.292 e. The molecule has 0 N–H and O–H groups in total. The number of Topliss-reactive ketones (excluding diaryl/α,β-unsaturated/α-hetero) is 1. The Labute approximate surface area is 109 Å². The van der Waals surface area contributed by atoms with Gasteiger partial charge in [-0.3, -0.25) is 9.48 Å². The Morgan fingerprint density at radius 2 is 1.90 bits per heavy atom. The number of aromatic nitrogens is 2. The van der Waals surface area contributed by atoms with E-state index in [0.29, 0.717) is 18.5 Å². The van der Waals surface area contributed by atoms with Crippen molar-refractivity contribution in [3.8, 4) is 0 Å². The Morgan fingerprint density at radius 1 is 1.20 bits per heavy atom. The van der Waals surface area contributed by atoms with E-state index < -0.39 is 35.7 Å². The van der Waals surface area contributed by atoms with Gasteiger partial charge in [-0.05, 0) is 18.2 Å². The number of carbonyl (C=O) groups is 1. The zero-order chi connectivity index (χ0) is 14.9. The van der Waals surface area contributed by atoms with E-state index in [4.69, 9.17) is 0 Å². The minimum absolute atomic E-state index is 0.145. The van der Waals surface area contributed by atoms with Gasteiger partial charge in [0.05, 0.1) is 11.8 Å². The van der Waals surface area contributed by atoms with Gasteiger partial charge in [0.25, 0.3) is 0 Å². The molecule has 0 atom stereocenters. The lowest BCUT2D eigenvalue weighted by Gasteiger charge is -2.03. The predicted octanol–water partition coefficient (Wildman–Crippen LogP) is 3.06. The van der Waals surface area contributed by atoms with Crippen molar-refractivity contribution in [1.82, 2.24) is 9.78 Å². The lowest BCUT2D eigenvalue weighted by molar-refractivity contribution is -0.137. The van der Waals surface area contributed by atoms with Gasteiger partial charge in [0, 0.05) is 11.8 Å². The van der Waals surface area contributed by atoms with E-state index in [0.717, 1.165) is 16.8 Å². The fraction of sp³-hybridized carbons (Fsp3) is 0.167. The Bertz CT molecular complexity index is 648. The average molecular weight is 290 g/mol. The highest BCUT2D eigenvalue weighted by molar-refractivity contribution is 5.95. The molecule has 0 aliphatic rings. The first-order valence-corrected chi connectivity index (χ1v) is 5.35. The van der Waals surface area contributed by atoms with Crippen LogP contribution < -0.4 is 0 Å². The number of benzene rings is 1. The van der Waals surface area contributed by atoms with E-state index in [2.05, 4.69) is 5.10 Å². The van der Waals surface area contributed by atoms with Crippen molar-refractivity contribution in [2.45, 2.75) is 12.7 Å². The lowest BCUT2D eigenvalue weighted by Crippen LogP contribution is -2.11. The number of halogens is 5. The SMILES string of the molecule is O=C(Cn1cc(C(F)(F)F)cn1)c1ccc(F)c(F)c1. The predicted molar refractivity (Wildman–Crippen MR) is 57.9 cm³/mol. The van der Waals surface area contributed by atoms with Gasteiger partial charge >= 0.3 is 6.18 Å². The van der Waals surface area contributed by atoms with Gasteiger partial charge in [0.1, 0.15) is 6.54 Å². The van der Waals surface area contributed by atoms with Gasteiger partial charge in [-0.2, -0.15) is 18.3 Å². The van der Waals surface area contributed by atoms with Crippen molar-refractivity contribution in [1.29, 1.82) is 0 Å². The van der Waals surface area contributed by atoms with Crippen LogP contribution in [0.3, 0.4) is 0 Å². The zero-order valence-corrected chi connectivity index (χ0v) is 9.79. The first-order chi connectivity index (χ1) is 9.27. The van der Waals surface area contributed by atoms with Crippen molar-refractivity contribution in [3.63, 3.8) is 0 Å². The fourth-order valence-electron chi connectivity index (χ4n) is 1.50. The molecule has 2 aromatic rings. The molecule has 0 aliphatic heterocycles. The summed E-state index contributed by atoms with van der Waals surface area (Å²) in [4.78, 5) is 11.7. The maximum absolute atomic E-state index is 12.9. The molecule has 0 bridgehead atoms. The molecule has 0 saturated heterocycles. The molecule has 1 aromatic heterocycles. The van der Waals surface area contributed by atoms with Crippen molar-refractivity contribution in [2.75, 3.05) is 0 Å². The van der Waals surface area contributed by atoms with Crippen LogP contribution in [0.4, 0.5) is 22.0 Å². The van der Waals surface area contributed by atoms with Crippen molar-refractivity contribution >= 4 is 5.78 Å². The number of alkyl halides is 3. The Morgan fingerprint density at radius 3 is 2.45 bits per heavy atom. The van der Waals surface area contributed by atoms with Crippen LogP contribution in [0.5, 0.6) is 0 Å². The third kappa shape index (κ3) is 3.01. The van der Waals surface area contributed by atoms with Gasteiger partial charge in [0.2, 0.25) is 0 Å².